The molecule has 1 aromatic heterocycles. The smallest absolute Gasteiger partial charge is 0.337 e. The summed E-state index contributed by atoms with van der Waals surface area (Å²) in [4.78, 5) is 13.4. The quantitative estimate of drug-likeness (QED) is 0.528. The van der Waals surface area contributed by atoms with Crippen LogP contribution in [-0.2, 0) is 17.5 Å². The fourth-order valence-electron chi connectivity index (χ4n) is 2.43. The highest BCUT2D eigenvalue weighted by Gasteiger charge is 2.42. The number of halogens is 6. The lowest BCUT2D eigenvalue weighted by molar-refractivity contribution is -0.162. The summed E-state index contributed by atoms with van der Waals surface area (Å²) in [5.41, 5.74) is 4.50. The van der Waals surface area contributed by atoms with E-state index in [1.54, 1.807) is 11.4 Å². The number of hydrogen-bond acceptors (Lipinski definition) is 3. The zero-order valence-corrected chi connectivity index (χ0v) is 15.3. The molecule has 1 amide bonds. The second-order valence-electron chi connectivity index (χ2n) is 5.90. The second-order valence-corrected chi connectivity index (χ2v) is 7.07. The van der Waals surface area contributed by atoms with E-state index < -0.39 is 35.4 Å². The SMILES string of the molecule is Cc1cc(C=CC(=O)NC(c2cccc(C(F)(F)F)c2)C(F)(F)F)sc1CN. The van der Waals surface area contributed by atoms with E-state index in [1.807, 2.05) is 6.92 Å². The van der Waals surface area contributed by atoms with Crippen molar-refractivity contribution in [1.29, 1.82) is 0 Å². The van der Waals surface area contributed by atoms with Crippen molar-refractivity contribution in [2.24, 2.45) is 5.73 Å². The van der Waals surface area contributed by atoms with Crippen molar-refractivity contribution < 1.29 is 31.1 Å². The first-order valence-electron chi connectivity index (χ1n) is 7.93. The predicted octanol–water partition coefficient (Wildman–Crippen LogP) is 4.97. The van der Waals surface area contributed by atoms with E-state index in [4.69, 9.17) is 5.73 Å². The molecule has 3 N–H and O–H groups in total. The van der Waals surface area contributed by atoms with E-state index in [1.165, 1.54) is 17.4 Å². The van der Waals surface area contributed by atoms with Gasteiger partial charge in [0.25, 0.3) is 0 Å². The normalized spacial score (nSPS) is 13.7. The molecule has 0 aliphatic heterocycles. The standard InChI is InChI=1S/C18H16F6N2OS/c1-10-7-13(28-14(10)9-25)5-6-15(27)26-16(18(22,23)24)11-3-2-4-12(8-11)17(19,20)21/h2-8,16H,9,25H2,1H3,(H,26,27). The third-order valence-electron chi connectivity index (χ3n) is 3.79. The number of nitrogens with one attached hydrogen (secondary N) is 1. The summed E-state index contributed by atoms with van der Waals surface area (Å²) in [5.74, 6) is -1.08. The highest BCUT2D eigenvalue weighted by molar-refractivity contribution is 7.13. The van der Waals surface area contributed by atoms with Crippen LogP contribution in [0, 0.1) is 6.92 Å². The number of nitrogens with two attached hydrogens (primary N) is 1. The van der Waals surface area contributed by atoms with E-state index >= 15 is 0 Å². The van der Waals surface area contributed by atoms with Gasteiger partial charge in [-0.25, -0.2) is 0 Å². The van der Waals surface area contributed by atoms with Crippen LogP contribution in [0.2, 0.25) is 0 Å². The van der Waals surface area contributed by atoms with E-state index in [-0.39, 0.29) is 0 Å². The van der Waals surface area contributed by atoms with Gasteiger partial charge in [-0.1, -0.05) is 12.1 Å². The maximum atomic E-state index is 13.3. The number of aryl methyl sites for hydroxylation is 1. The molecule has 0 fully saturated rings. The van der Waals surface area contributed by atoms with Gasteiger partial charge in [0.15, 0.2) is 6.04 Å². The van der Waals surface area contributed by atoms with Crippen LogP contribution in [0.3, 0.4) is 0 Å². The topological polar surface area (TPSA) is 55.1 Å². The summed E-state index contributed by atoms with van der Waals surface area (Å²) in [6.45, 7) is 2.10. The minimum absolute atomic E-state index is 0.294. The first-order valence-corrected chi connectivity index (χ1v) is 8.75. The van der Waals surface area contributed by atoms with E-state index in [0.717, 1.165) is 28.6 Å². The third kappa shape index (κ3) is 5.59. The molecule has 28 heavy (non-hydrogen) atoms. The van der Waals surface area contributed by atoms with Crippen LogP contribution in [0.4, 0.5) is 26.3 Å². The Labute approximate surface area is 160 Å². The number of benzene rings is 1. The van der Waals surface area contributed by atoms with Gasteiger partial charge in [0.1, 0.15) is 0 Å². The summed E-state index contributed by atoms with van der Waals surface area (Å²) in [6.07, 6.45) is -7.54. The van der Waals surface area contributed by atoms with Crippen LogP contribution in [0.15, 0.2) is 36.4 Å². The monoisotopic (exact) mass is 422 g/mol. The largest absolute Gasteiger partial charge is 0.416 e. The Kier molecular flexibility index (Phi) is 6.56. The molecule has 10 heteroatoms. The van der Waals surface area contributed by atoms with Crippen molar-refractivity contribution in [3.8, 4) is 0 Å². The number of carbonyl (C=O) groups is 1. The van der Waals surface area contributed by atoms with Crippen LogP contribution in [0.25, 0.3) is 6.08 Å². The summed E-state index contributed by atoms with van der Waals surface area (Å²) in [5, 5.41) is 1.72. The molecule has 1 unspecified atom stereocenters. The number of alkyl halides is 6. The summed E-state index contributed by atoms with van der Waals surface area (Å²) < 4.78 is 78.3. The lowest BCUT2D eigenvalue weighted by Gasteiger charge is -2.22. The summed E-state index contributed by atoms with van der Waals surface area (Å²) in [7, 11) is 0. The van der Waals surface area contributed by atoms with Crippen LogP contribution in [-0.4, -0.2) is 12.1 Å². The molecule has 152 valence electrons. The van der Waals surface area contributed by atoms with E-state index in [2.05, 4.69) is 0 Å². The number of thiophene rings is 1. The molecule has 0 spiro atoms. The van der Waals surface area contributed by atoms with Crippen molar-refractivity contribution in [3.05, 3.63) is 62.9 Å². The maximum Gasteiger partial charge on any atom is 0.416 e. The van der Waals surface area contributed by atoms with Gasteiger partial charge < -0.3 is 11.1 Å². The van der Waals surface area contributed by atoms with Crippen LogP contribution >= 0.6 is 11.3 Å². The van der Waals surface area contributed by atoms with Gasteiger partial charge in [-0.2, -0.15) is 26.3 Å². The summed E-state index contributed by atoms with van der Waals surface area (Å²) >= 11 is 1.29. The lowest BCUT2D eigenvalue weighted by atomic mass is 10.0. The van der Waals surface area contributed by atoms with Crippen molar-refractivity contribution in [2.75, 3.05) is 0 Å². The molecule has 0 aliphatic carbocycles. The van der Waals surface area contributed by atoms with Crippen molar-refractivity contribution >= 4 is 23.3 Å². The first kappa shape index (κ1) is 22.0. The minimum atomic E-state index is -4.97. The van der Waals surface area contributed by atoms with E-state index in [0.29, 0.717) is 23.6 Å². The van der Waals surface area contributed by atoms with Crippen LogP contribution < -0.4 is 11.1 Å². The highest BCUT2D eigenvalue weighted by atomic mass is 32.1. The van der Waals surface area contributed by atoms with Gasteiger partial charge in [0.05, 0.1) is 5.56 Å². The Hall–Kier alpha value is -2.33. The third-order valence-corrected chi connectivity index (χ3v) is 5.01. The Morgan fingerprint density at radius 3 is 2.43 bits per heavy atom. The molecule has 2 aromatic rings. The predicted molar refractivity (Wildman–Crippen MR) is 94.4 cm³/mol. The fourth-order valence-corrected chi connectivity index (χ4v) is 3.39. The Bertz CT molecular complexity index is 870. The Morgan fingerprint density at radius 2 is 1.89 bits per heavy atom. The zero-order chi connectivity index (χ0) is 21.1. The molecule has 3 nitrogen and oxygen atoms in total. The van der Waals surface area contributed by atoms with Gasteiger partial charge >= 0.3 is 12.4 Å². The summed E-state index contributed by atoms with van der Waals surface area (Å²) in [6, 6.07) is 1.93. The zero-order valence-electron chi connectivity index (χ0n) is 14.5. The molecule has 0 radical (unpaired) electrons. The highest BCUT2D eigenvalue weighted by Crippen LogP contribution is 2.36. The van der Waals surface area contributed by atoms with Gasteiger partial charge in [-0.05, 0) is 42.3 Å². The molecule has 1 aromatic carbocycles. The molecule has 0 bridgehead atoms. The van der Waals surface area contributed by atoms with Crippen molar-refractivity contribution in [2.45, 2.75) is 31.9 Å². The number of carbonyl (C=O) groups excluding carboxylic acids is 1. The number of amides is 1. The minimum Gasteiger partial charge on any atom is -0.337 e. The Balaban J connectivity index is 2.23. The molecular formula is C18H16F6N2OS. The van der Waals surface area contributed by atoms with Crippen molar-refractivity contribution in [1.82, 2.24) is 5.32 Å². The Morgan fingerprint density at radius 1 is 1.21 bits per heavy atom. The molecule has 0 saturated carbocycles. The number of rotatable bonds is 5. The van der Waals surface area contributed by atoms with Crippen LogP contribution in [0.5, 0.6) is 0 Å². The second kappa shape index (κ2) is 8.36. The molecule has 1 heterocycles. The maximum absolute atomic E-state index is 13.3. The van der Waals surface area contributed by atoms with Gasteiger partial charge in [0, 0.05) is 22.4 Å². The first-order chi connectivity index (χ1) is 12.9. The molecule has 1 atom stereocenters. The van der Waals surface area contributed by atoms with Gasteiger partial charge in [-0.3, -0.25) is 4.79 Å². The fraction of sp³-hybridized carbons (Fsp3) is 0.278. The molecule has 0 saturated heterocycles. The van der Waals surface area contributed by atoms with E-state index in [9.17, 15) is 31.1 Å². The average molecular weight is 422 g/mol. The van der Waals surface area contributed by atoms with Crippen molar-refractivity contribution in [3.63, 3.8) is 0 Å². The molecule has 2 rings (SSSR count). The molecule has 0 aliphatic rings. The van der Waals surface area contributed by atoms with Gasteiger partial charge in [-0.15, -0.1) is 11.3 Å². The average Bonchev–Trinajstić information content (AvgIpc) is 2.96. The molecular weight excluding hydrogens is 406 g/mol. The number of hydrogen-bond donors (Lipinski definition) is 2. The lowest BCUT2D eigenvalue weighted by Crippen LogP contribution is -2.37. The van der Waals surface area contributed by atoms with Gasteiger partial charge in [0.2, 0.25) is 5.91 Å². The van der Waals surface area contributed by atoms with Crippen LogP contribution in [0.1, 0.15) is 32.5 Å².